The van der Waals surface area contributed by atoms with Crippen molar-refractivity contribution in [3.63, 3.8) is 0 Å². The fraction of sp³-hybridized carbons (Fsp3) is 0.565. The van der Waals surface area contributed by atoms with E-state index < -0.39 is 5.60 Å². The third kappa shape index (κ3) is 7.11. The van der Waals surface area contributed by atoms with E-state index in [9.17, 15) is 4.79 Å². The maximum atomic E-state index is 11.6. The number of carbonyl (C=O) groups is 1. The molecule has 1 amide bonds. The van der Waals surface area contributed by atoms with Crippen LogP contribution in [-0.4, -0.2) is 30.6 Å². The summed E-state index contributed by atoms with van der Waals surface area (Å²) in [5, 5.41) is 6.75. The van der Waals surface area contributed by atoms with E-state index in [1.807, 2.05) is 32.9 Å². The number of unbranched alkanes of at least 4 members (excludes halogenated alkanes) is 2. The van der Waals surface area contributed by atoms with Crippen molar-refractivity contribution in [2.75, 3.05) is 13.2 Å². The number of carbonyl (C=O) groups excluding carboxylic acids is 1. The topological polar surface area (TPSA) is 85.9 Å². The average molecular weight is 402 g/mol. The van der Waals surface area contributed by atoms with Crippen LogP contribution in [0.2, 0.25) is 0 Å². The first-order chi connectivity index (χ1) is 13.9. The summed E-state index contributed by atoms with van der Waals surface area (Å²) in [4.78, 5) is 11.6. The van der Waals surface area contributed by atoms with Gasteiger partial charge in [-0.1, -0.05) is 6.08 Å². The van der Waals surface area contributed by atoms with Crippen LogP contribution in [-0.2, 0) is 17.6 Å². The molecule has 1 aliphatic carbocycles. The largest absolute Gasteiger partial charge is 0.493 e. The maximum absolute atomic E-state index is 11.6. The zero-order valence-corrected chi connectivity index (χ0v) is 18.1. The Balaban J connectivity index is 1.81. The molecule has 0 saturated heterocycles. The average Bonchev–Trinajstić information content (AvgIpc) is 2.66. The number of nitrogens with two attached hydrogens (primary N) is 1. The molecule has 0 saturated carbocycles. The Labute approximate surface area is 174 Å². The molecule has 1 aromatic carbocycles. The minimum absolute atomic E-state index is 0.364. The second-order valence-electron chi connectivity index (χ2n) is 8.33. The number of fused-ring (bicyclic) bond motifs is 1. The van der Waals surface area contributed by atoms with Crippen LogP contribution in [0.5, 0.6) is 5.75 Å². The van der Waals surface area contributed by atoms with Gasteiger partial charge in [-0.05, 0) is 83.4 Å². The molecule has 0 radical (unpaired) electrons. The standard InChI is InChI=1S/C23H35N3O3/c1-5-10-19-17-11-9-12-20(26-24)18(17)13-14-21(19)28-16-8-6-7-15-25-22(27)29-23(2,3)4/h5,13-14H,1,6-12,15-16,24H2,2-4H3,(H,25,27). The fourth-order valence-electron chi connectivity index (χ4n) is 3.52. The van der Waals surface area contributed by atoms with Crippen molar-refractivity contribution < 1.29 is 14.3 Å². The first-order valence-corrected chi connectivity index (χ1v) is 10.5. The lowest BCUT2D eigenvalue weighted by Gasteiger charge is -2.23. The zero-order chi connectivity index (χ0) is 21.3. The van der Waals surface area contributed by atoms with Crippen LogP contribution in [0.1, 0.15) is 69.6 Å². The number of benzene rings is 1. The SMILES string of the molecule is C=CCc1c(OCCCCCNC(=O)OC(C)(C)C)ccc2c1CCCC2=NN. The van der Waals surface area contributed by atoms with E-state index in [0.29, 0.717) is 13.2 Å². The molecule has 0 unspecified atom stereocenters. The van der Waals surface area contributed by atoms with E-state index in [4.69, 9.17) is 15.3 Å². The number of nitrogens with zero attached hydrogens (tertiary/aromatic N) is 1. The molecule has 6 nitrogen and oxygen atoms in total. The molecular weight excluding hydrogens is 366 g/mol. The predicted octanol–water partition coefficient (Wildman–Crippen LogP) is 4.49. The van der Waals surface area contributed by atoms with Gasteiger partial charge in [0.2, 0.25) is 0 Å². The summed E-state index contributed by atoms with van der Waals surface area (Å²) >= 11 is 0. The number of hydrogen-bond donors (Lipinski definition) is 2. The molecular formula is C23H35N3O3. The molecule has 1 aliphatic rings. The number of amides is 1. The molecule has 6 heteroatoms. The molecule has 0 heterocycles. The molecule has 160 valence electrons. The summed E-state index contributed by atoms with van der Waals surface area (Å²) in [6.07, 6.45) is 8.12. The van der Waals surface area contributed by atoms with Gasteiger partial charge in [-0.25, -0.2) is 4.79 Å². The highest BCUT2D eigenvalue weighted by Crippen LogP contribution is 2.32. The minimum atomic E-state index is -0.466. The number of ether oxygens (including phenoxy) is 2. The first-order valence-electron chi connectivity index (χ1n) is 10.5. The highest BCUT2D eigenvalue weighted by Gasteiger charge is 2.21. The summed E-state index contributed by atoms with van der Waals surface area (Å²) in [5.41, 5.74) is 4.15. The van der Waals surface area contributed by atoms with Gasteiger partial charge in [-0.2, -0.15) is 5.10 Å². The van der Waals surface area contributed by atoms with Gasteiger partial charge in [0.15, 0.2) is 0 Å². The molecule has 0 aromatic heterocycles. The number of alkyl carbamates (subject to hydrolysis) is 1. The Morgan fingerprint density at radius 2 is 2.07 bits per heavy atom. The van der Waals surface area contributed by atoms with E-state index in [1.165, 1.54) is 11.1 Å². The Bertz CT molecular complexity index is 736. The van der Waals surface area contributed by atoms with Crippen LogP contribution >= 0.6 is 0 Å². The van der Waals surface area contributed by atoms with Crippen LogP contribution < -0.4 is 15.9 Å². The van der Waals surface area contributed by atoms with E-state index >= 15 is 0 Å². The van der Waals surface area contributed by atoms with Crippen molar-refractivity contribution in [1.82, 2.24) is 5.32 Å². The lowest BCUT2D eigenvalue weighted by molar-refractivity contribution is 0.0527. The van der Waals surface area contributed by atoms with Gasteiger partial charge in [-0.3, -0.25) is 0 Å². The molecule has 0 aliphatic heterocycles. The summed E-state index contributed by atoms with van der Waals surface area (Å²) < 4.78 is 11.3. The second kappa shape index (κ2) is 10.9. The third-order valence-corrected chi connectivity index (χ3v) is 4.79. The van der Waals surface area contributed by atoms with E-state index in [0.717, 1.165) is 62.0 Å². The van der Waals surface area contributed by atoms with Crippen LogP contribution in [0.4, 0.5) is 4.79 Å². The van der Waals surface area contributed by atoms with Crippen molar-refractivity contribution in [1.29, 1.82) is 0 Å². The quantitative estimate of drug-likeness (QED) is 0.276. The molecule has 0 fully saturated rings. The molecule has 0 spiro atoms. The maximum Gasteiger partial charge on any atom is 0.407 e. The normalized spacial score (nSPS) is 14.9. The van der Waals surface area contributed by atoms with Crippen LogP contribution in [0.3, 0.4) is 0 Å². The Morgan fingerprint density at radius 3 is 2.76 bits per heavy atom. The summed E-state index contributed by atoms with van der Waals surface area (Å²) in [7, 11) is 0. The van der Waals surface area contributed by atoms with Crippen molar-refractivity contribution in [2.24, 2.45) is 10.9 Å². The molecule has 0 atom stereocenters. The van der Waals surface area contributed by atoms with E-state index in [2.05, 4.69) is 23.1 Å². The number of nitrogens with one attached hydrogen (secondary N) is 1. The zero-order valence-electron chi connectivity index (χ0n) is 18.1. The van der Waals surface area contributed by atoms with Gasteiger partial charge in [0.1, 0.15) is 11.4 Å². The van der Waals surface area contributed by atoms with E-state index in [-0.39, 0.29) is 6.09 Å². The van der Waals surface area contributed by atoms with Crippen molar-refractivity contribution in [3.8, 4) is 5.75 Å². The van der Waals surface area contributed by atoms with Gasteiger partial charge in [0, 0.05) is 17.7 Å². The lowest BCUT2D eigenvalue weighted by Crippen LogP contribution is -2.33. The number of allylic oxidation sites excluding steroid dienone is 1. The van der Waals surface area contributed by atoms with Crippen molar-refractivity contribution >= 4 is 11.8 Å². The summed E-state index contributed by atoms with van der Waals surface area (Å²) in [5.74, 6) is 6.49. The Kier molecular flexibility index (Phi) is 8.55. The van der Waals surface area contributed by atoms with E-state index in [1.54, 1.807) is 0 Å². The second-order valence-corrected chi connectivity index (χ2v) is 8.33. The monoisotopic (exact) mass is 401 g/mol. The van der Waals surface area contributed by atoms with Gasteiger partial charge in [-0.15, -0.1) is 6.58 Å². The fourth-order valence-corrected chi connectivity index (χ4v) is 3.52. The van der Waals surface area contributed by atoms with Crippen molar-refractivity contribution in [3.05, 3.63) is 41.5 Å². The van der Waals surface area contributed by atoms with Crippen LogP contribution in [0.25, 0.3) is 0 Å². The molecule has 2 rings (SSSR count). The smallest absolute Gasteiger partial charge is 0.407 e. The third-order valence-electron chi connectivity index (χ3n) is 4.79. The summed E-state index contributed by atoms with van der Waals surface area (Å²) in [6.45, 7) is 10.7. The van der Waals surface area contributed by atoms with Gasteiger partial charge >= 0.3 is 6.09 Å². The molecule has 29 heavy (non-hydrogen) atoms. The Hall–Kier alpha value is -2.50. The van der Waals surface area contributed by atoms with Crippen molar-refractivity contribution in [2.45, 2.75) is 71.3 Å². The lowest BCUT2D eigenvalue weighted by atomic mass is 9.85. The summed E-state index contributed by atoms with van der Waals surface area (Å²) in [6, 6.07) is 4.10. The van der Waals surface area contributed by atoms with Crippen LogP contribution in [0.15, 0.2) is 29.9 Å². The van der Waals surface area contributed by atoms with Gasteiger partial charge in [0.05, 0.1) is 12.3 Å². The highest BCUT2D eigenvalue weighted by molar-refractivity contribution is 6.03. The first kappa shape index (κ1) is 22.8. The van der Waals surface area contributed by atoms with Crippen LogP contribution in [0, 0.1) is 0 Å². The number of hydrogen-bond acceptors (Lipinski definition) is 5. The van der Waals surface area contributed by atoms with Gasteiger partial charge < -0.3 is 20.6 Å². The molecule has 0 bridgehead atoms. The molecule has 3 N–H and O–H groups in total. The number of rotatable bonds is 9. The molecule has 1 aromatic rings. The minimum Gasteiger partial charge on any atom is -0.493 e. The Morgan fingerprint density at radius 1 is 1.28 bits per heavy atom. The predicted molar refractivity (Wildman–Crippen MR) is 118 cm³/mol. The number of hydrazone groups is 1. The van der Waals surface area contributed by atoms with Gasteiger partial charge in [0.25, 0.3) is 0 Å². The highest BCUT2D eigenvalue weighted by atomic mass is 16.6.